The van der Waals surface area contributed by atoms with E-state index in [4.69, 9.17) is 9.47 Å². The zero-order valence-corrected chi connectivity index (χ0v) is 25.0. The minimum Gasteiger partial charge on any atom is -0.461 e. The summed E-state index contributed by atoms with van der Waals surface area (Å²) in [7, 11) is 0. The third kappa shape index (κ3) is 15.4. The first kappa shape index (κ1) is 34.3. The summed E-state index contributed by atoms with van der Waals surface area (Å²) in [6, 6.07) is 16.1. The Morgan fingerprint density at radius 1 is 0.737 bits per heavy atom. The number of allylic oxidation sites excluding steroid dienone is 9. The fourth-order valence-corrected chi connectivity index (χ4v) is 2.89. The highest BCUT2D eigenvalue weighted by molar-refractivity contribution is 5.36. The Kier molecular flexibility index (Phi) is 20.2. The molecule has 204 valence electrons. The van der Waals surface area contributed by atoms with Crippen molar-refractivity contribution in [2.75, 3.05) is 0 Å². The largest absolute Gasteiger partial charge is 0.461 e. The van der Waals surface area contributed by atoms with E-state index in [0.717, 1.165) is 35.0 Å². The lowest BCUT2D eigenvalue weighted by Crippen LogP contribution is -1.95. The van der Waals surface area contributed by atoms with Gasteiger partial charge in [-0.2, -0.15) is 0 Å². The van der Waals surface area contributed by atoms with Gasteiger partial charge in [0, 0.05) is 12.5 Å². The van der Waals surface area contributed by atoms with Crippen LogP contribution in [-0.2, 0) is 0 Å². The minimum atomic E-state index is 0.804. The second kappa shape index (κ2) is 22.5. The standard InChI is InChI=1S/C15H14O.C14H14O.C3H8.2C2H6/c1-12-5-3-7-14(10-9-12)16-15-8-4-6-13(2)11-15;1-12-8-6-7-11-14(12)15-13-9-4-2-3-5-10-13;1-3-2;2*1-2/h4-11H,1-2H3;2-9,11H,10H2,1H3;3H2,1-2H3;2*1-2H3. The van der Waals surface area contributed by atoms with Crippen molar-refractivity contribution in [2.24, 2.45) is 0 Å². The minimum absolute atomic E-state index is 0.804. The van der Waals surface area contributed by atoms with Gasteiger partial charge in [-0.05, 0) is 73.9 Å². The molecule has 2 aliphatic carbocycles. The molecule has 2 heteroatoms. The molecule has 4 rings (SSSR count). The monoisotopic (exact) mass is 512 g/mol. The van der Waals surface area contributed by atoms with E-state index in [-0.39, 0.29) is 0 Å². The van der Waals surface area contributed by atoms with Gasteiger partial charge in [-0.3, -0.25) is 0 Å². The molecule has 0 fully saturated rings. The zero-order chi connectivity index (χ0) is 28.6. The topological polar surface area (TPSA) is 18.5 Å². The summed E-state index contributed by atoms with van der Waals surface area (Å²) in [6.45, 7) is 18.4. The van der Waals surface area contributed by atoms with Gasteiger partial charge >= 0.3 is 0 Å². The second-order valence-corrected chi connectivity index (χ2v) is 8.08. The molecular formula is C36H48O2. The van der Waals surface area contributed by atoms with Crippen LogP contribution in [0, 0.1) is 13.8 Å². The van der Waals surface area contributed by atoms with Crippen LogP contribution in [0.3, 0.4) is 0 Å². The summed E-state index contributed by atoms with van der Waals surface area (Å²) in [6.07, 6.45) is 20.0. The van der Waals surface area contributed by atoms with Crippen LogP contribution in [-0.4, -0.2) is 0 Å². The molecule has 2 aromatic rings. The molecule has 0 aromatic heterocycles. The van der Waals surface area contributed by atoms with Crippen molar-refractivity contribution in [3.63, 3.8) is 0 Å². The predicted octanol–water partition coefficient (Wildman–Crippen LogP) is 11.2. The highest BCUT2D eigenvalue weighted by Crippen LogP contribution is 2.21. The highest BCUT2D eigenvalue weighted by Gasteiger charge is 2.02. The molecule has 0 heterocycles. The van der Waals surface area contributed by atoms with E-state index in [9.17, 15) is 0 Å². The number of hydrogen-bond acceptors (Lipinski definition) is 2. The van der Waals surface area contributed by atoms with Crippen molar-refractivity contribution in [1.29, 1.82) is 0 Å². The van der Waals surface area contributed by atoms with Gasteiger partial charge < -0.3 is 9.47 Å². The molecule has 0 spiro atoms. The molecule has 0 saturated carbocycles. The smallest absolute Gasteiger partial charge is 0.135 e. The van der Waals surface area contributed by atoms with Crippen LogP contribution >= 0.6 is 0 Å². The molecule has 0 aliphatic heterocycles. The fourth-order valence-electron chi connectivity index (χ4n) is 2.89. The zero-order valence-electron chi connectivity index (χ0n) is 25.0. The van der Waals surface area contributed by atoms with Gasteiger partial charge in [0.2, 0.25) is 0 Å². The van der Waals surface area contributed by atoms with Crippen LogP contribution in [0.25, 0.3) is 0 Å². The van der Waals surface area contributed by atoms with Crippen molar-refractivity contribution in [3.05, 3.63) is 137 Å². The molecular weight excluding hydrogens is 464 g/mol. The van der Waals surface area contributed by atoms with Crippen LogP contribution in [0.5, 0.6) is 11.5 Å². The van der Waals surface area contributed by atoms with E-state index in [2.05, 4.69) is 38.6 Å². The molecule has 0 bridgehead atoms. The lowest BCUT2D eigenvalue weighted by molar-refractivity contribution is 0.413. The van der Waals surface area contributed by atoms with E-state index in [1.807, 2.05) is 133 Å². The van der Waals surface area contributed by atoms with Crippen LogP contribution in [0.15, 0.2) is 126 Å². The van der Waals surface area contributed by atoms with Gasteiger partial charge in [-0.1, -0.05) is 109 Å². The third-order valence-corrected chi connectivity index (χ3v) is 4.57. The van der Waals surface area contributed by atoms with E-state index < -0.39 is 0 Å². The molecule has 38 heavy (non-hydrogen) atoms. The normalized spacial score (nSPS) is 12.5. The summed E-state index contributed by atoms with van der Waals surface area (Å²) in [5.74, 6) is 3.58. The SMILES string of the molecule is CC.CC.CC1=CC=C(Oc2cccc(C)c2)C=C=C1.CCC.Cc1ccccc1OC1=CC=CC=CC1. The van der Waals surface area contributed by atoms with Crippen LogP contribution in [0.1, 0.15) is 72.4 Å². The van der Waals surface area contributed by atoms with Crippen LogP contribution in [0.4, 0.5) is 0 Å². The summed E-state index contributed by atoms with van der Waals surface area (Å²) in [5.41, 5.74) is 6.59. The number of aryl methyl sites for hydroxylation is 2. The summed E-state index contributed by atoms with van der Waals surface area (Å²) in [5, 5.41) is 0. The Morgan fingerprint density at radius 2 is 1.45 bits per heavy atom. The van der Waals surface area contributed by atoms with Gasteiger partial charge in [0.25, 0.3) is 0 Å². The lowest BCUT2D eigenvalue weighted by atomic mass is 10.2. The highest BCUT2D eigenvalue weighted by atomic mass is 16.5. The quantitative estimate of drug-likeness (QED) is 0.379. The maximum Gasteiger partial charge on any atom is 0.135 e. The Labute approximate surface area is 233 Å². The Hall–Kier alpha value is -3.74. The first-order valence-corrected chi connectivity index (χ1v) is 13.8. The molecule has 2 aromatic carbocycles. The molecule has 0 N–H and O–H groups in total. The number of rotatable bonds is 4. The molecule has 0 amide bonds. The number of benzene rings is 2. The first-order valence-electron chi connectivity index (χ1n) is 13.8. The first-order chi connectivity index (χ1) is 18.5. The summed E-state index contributed by atoms with van der Waals surface area (Å²) >= 11 is 0. The van der Waals surface area contributed by atoms with E-state index in [0.29, 0.717) is 0 Å². The van der Waals surface area contributed by atoms with Gasteiger partial charge in [0.1, 0.15) is 23.0 Å². The average Bonchev–Trinajstić information content (AvgIpc) is 3.31. The lowest BCUT2D eigenvalue weighted by Gasteiger charge is -2.09. The second-order valence-electron chi connectivity index (χ2n) is 8.08. The Balaban J connectivity index is 0.000000585. The van der Waals surface area contributed by atoms with Gasteiger partial charge in [0.05, 0.1) is 0 Å². The maximum atomic E-state index is 5.82. The summed E-state index contributed by atoms with van der Waals surface area (Å²) in [4.78, 5) is 0. The van der Waals surface area contributed by atoms with Crippen LogP contribution in [0.2, 0.25) is 0 Å². The van der Waals surface area contributed by atoms with Gasteiger partial charge in [0.15, 0.2) is 0 Å². The fraction of sp³-hybridized carbons (Fsp3) is 0.306. The van der Waals surface area contributed by atoms with Gasteiger partial charge in [-0.15, -0.1) is 5.73 Å². The number of para-hydroxylation sites is 1. The van der Waals surface area contributed by atoms with Crippen LogP contribution < -0.4 is 9.47 Å². The van der Waals surface area contributed by atoms with Crippen molar-refractivity contribution >= 4 is 0 Å². The van der Waals surface area contributed by atoms with E-state index >= 15 is 0 Å². The van der Waals surface area contributed by atoms with Crippen molar-refractivity contribution in [3.8, 4) is 11.5 Å². The van der Waals surface area contributed by atoms with E-state index in [1.165, 1.54) is 17.6 Å². The van der Waals surface area contributed by atoms with Crippen molar-refractivity contribution in [2.45, 2.75) is 75.2 Å². The molecule has 0 atom stereocenters. The maximum absolute atomic E-state index is 5.82. The van der Waals surface area contributed by atoms with Crippen molar-refractivity contribution in [1.82, 2.24) is 0 Å². The molecule has 0 unspecified atom stereocenters. The number of hydrogen-bond donors (Lipinski definition) is 0. The molecule has 0 radical (unpaired) electrons. The Bertz CT molecular complexity index is 1130. The van der Waals surface area contributed by atoms with E-state index in [1.54, 1.807) is 0 Å². The molecule has 2 nitrogen and oxygen atoms in total. The number of ether oxygens (including phenoxy) is 2. The average molecular weight is 513 g/mol. The summed E-state index contributed by atoms with van der Waals surface area (Å²) < 4.78 is 11.6. The van der Waals surface area contributed by atoms with Gasteiger partial charge in [-0.25, -0.2) is 0 Å². The molecule has 0 saturated heterocycles. The van der Waals surface area contributed by atoms with Crippen molar-refractivity contribution < 1.29 is 9.47 Å². The third-order valence-electron chi connectivity index (χ3n) is 4.57. The predicted molar refractivity (Wildman–Crippen MR) is 168 cm³/mol. The molecule has 2 aliphatic rings. The Morgan fingerprint density at radius 3 is 2.13 bits per heavy atom.